The highest BCUT2D eigenvalue weighted by Crippen LogP contribution is 2.27. The van der Waals surface area contributed by atoms with Gasteiger partial charge >= 0.3 is 0 Å². The monoisotopic (exact) mass is 309 g/mol. The Morgan fingerprint density at radius 1 is 1.24 bits per heavy atom. The first-order valence-corrected chi connectivity index (χ1v) is 9.21. The van der Waals surface area contributed by atoms with E-state index in [1.807, 2.05) is 11.8 Å². The molecule has 0 aliphatic heterocycles. The SMILES string of the molecule is CCCNC(C)c1ccc(OC)c(CSCCC(C)C)c1. The predicted molar refractivity (Wildman–Crippen MR) is 95.3 cm³/mol. The van der Waals surface area contributed by atoms with Crippen molar-refractivity contribution in [2.75, 3.05) is 19.4 Å². The van der Waals surface area contributed by atoms with Crippen molar-refractivity contribution in [1.29, 1.82) is 0 Å². The number of hydrogen-bond donors (Lipinski definition) is 1. The number of nitrogens with one attached hydrogen (secondary N) is 1. The van der Waals surface area contributed by atoms with Gasteiger partial charge in [-0.1, -0.05) is 26.8 Å². The van der Waals surface area contributed by atoms with E-state index >= 15 is 0 Å². The minimum absolute atomic E-state index is 0.398. The number of thioether (sulfide) groups is 1. The minimum atomic E-state index is 0.398. The Labute approximate surface area is 135 Å². The van der Waals surface area contributed by atoms with Crippen molar-refractivity contribution in [3.8, 4) is 5.75 Å². The number of rotatable bonds is 10. The van der Waals surface area contributed by atoms with Crippen LogP contribution in [0.5, 0.6) is 5.75 Å². The summed E-state index contributed by atoms with van der Waals surface area (Å²) < 4.78 is 5.51. The van der Waals surface area contributed by atoms with Crippen LogP contribution in [-0.4, -0.2) is 19.4 Å². The molecule has 0 saturated heterocycles. The molecule has 0 aliphatic rings. The lowest BCUT2D eigenvalue weighted by molar-refractivity contribution is 0.411. The fraction of sp³-hybridized carbons (Fsp3) is 0.667. The van der Waals surface area contributed by atoms with Crippen LogP contribution in [0.3, 0.4) is 0 Å². The highest BCUT2D eigenvalue weighted by Gasteiger charge is 2.09. The van der Waals surface area contributed by atoms with Crippen LogP contribution in [0.25, 0.3) is 0 Å². The van der Waals surface area contributed by atoms with Crippen molar-refractivity contribution in [1.82, 2.24) is 5.32 Å². The van der Waals surface area contributed by atoms with E-state index in [1.54, 1.807) is 7.11 Å². The maximum Gasteiger partial charge on any atom is 0.122 e. The van der Waals surface area contributed by atoms with Gasteiger partial charge in [0.1, 0.15) is 5.75 Å². The Kier molecular flexibility index (Phi) is 8.86. The lowest BCUT2D eigenvalue weighted by atomic mass is 10.0. The van der Waals surface area contributed by atoms with Crippen LogP contribution in [0.2, 0.25) is 0 Å². The van der Waals surface area contributed by atoms with E-state index in [0.717, 1.165) is 24.0 Å². The summed E-state index contributed by atoms with van der Waals surface area (Å²) in [4.78, 5) is 0. The Morgan fingerprint density at radius 2 is 2.00 bits per heavy atom. The minimum Gasteiger partial charge on any atom is -0.496 e. The van der Waals surface area contributed by atoms with Gasteiger partial charge in [0, 0.05) is 17.4 Å². The summed E-state index contributed by atoms with van der Waals surface area (Å²) in [7, 11) is 1.76. The molecule has 1 N–H and O–H groups in total. The fourth-order valence-corrected chi connectivity index (χ4v) is 3.39. The van der Waals surface area contributed by atoms with Crippen LogP contribution >= 0.6 is 11.8 Å². The van der Waals surface area contributed by atoms with Crippen LogP contribution in [0.4, 0.5) is 0 Å². The summed E-state index contributed by atoms with van der Waals surface area (Å²) in [5.41, 5.74) is 2.66. The fourth-order valence-electron chi connectivity index (χ4n) is 2.16. The smallest absolute Gasteiger partial charge is 0.122 e. The Hall–Kier alpha value is -0.670. The second-order valence-electron chi connectivity index (χ2n) is 5.98. The van der Waals surface area contributed by atoms with Gasteiger partial charge in [-0.3, -0.25) is 0 Å². The van der Waals surface area contributed by atoms with Crippen molar-refractivity contribution in [2.45, 2.75) is 52.3 Å². The molecule has 3 heteroatoms. The predicted octanol–water partition coefficient (Wildman–Crippen LogP) is 5.04. The number of benzene rings is 1. The summed E-state index contributed by atoms with van der Waals surface area (Å²) in [6, 6.07) is 6.98. The molecule has 2 nitrogen and oxygen atoms in total. The first-order valence-electron chi connectivity index (χ1n) is 8.06. The molecule has 0 fully saturated rings. The van der Waals surface area contributed by atoms with Gasteiger partial charge in [-0.2, -0.15) is 11.8 Å². The normalized spacial score (nSPS) is 12.7. The molecule has 0 aliphatic carbocycles. The molecule has 1 aromatic carbocycles. The topological polar surface area (TPSA) is 21.3 Å². The van der Waals surface area contributed by atoms with Crippen LogP contribution in [0.15, 0.2) is 18.2 Å². The Morgan fingerprint density at radius 3 is 2.62 bits per heavy atom. The van der Waals surface area contributed by atoms with Gasteiger partial charge in [-0.05, 0) is 55.7 Å². The number of ether oxygens (including phenoxy) is 1. The molecule has 0 aromatic heterocycles. The average molecular weight is 310 g/mol. The molecular weight excluding hydrogens is 278 g/mol. The van der Waals surface area contributed by atoms with Gasteiger partial charge in [0.2, 0.25) is 0 Å². The van der Waals surface area contributed by atoms with E-state index < -0.39 is 0 Å². The van der Waals surface area contributed by atoms with Crippen molar-refractivity contribution < 1.29 is 4.74 Å². The van der Waals surface area contributed by atoms with Gasteiger partial charge in [0.15, 0.2) is 0 Å². The maximum atomic E-state index is 5.51. The third-order valence-corrected chi connectivity index (χ3v) is 4.64. The van der Waals surface area contributed by atoms with E-state index in [9.17, 15) is 0 Å². The first kappa shape index (κ1) is 18.4. The molecule has 0 heterocycles. The maximum absolute atomic E-state index is 5.51. The van der Waals surface area contributed by atoms with Crippen molar-refractivity contribution in [2.24, 2.45) is 5.92 Å². The van der Waals surface area contributed by atoms with Crippen LogP contribution in [0.1, 0.15) is 57.7 Å². The molecule has 1 unspecified atom stereocenters. The summed E-state index contributed by atoms with van der Waals surface area (Å²) >= 11 is 2.00. The lowest BCUT2D eigenvalue weighted by Gasteiger charge is -2.17. The average Bonchev–Trinajstić information content (AvgIpc) is 2.48. The zero-order valence-electron chi connectivity index (χ0n) is 14.2. The molecule has 0 saturated carbocycles. The van der Waals surface area contributed by atoms with Gasteiger partial charge in [0.25, 0.3) is 0 Å². The molecule has 0 amide bonds. The quantitative estimate of drug-likeness (QED) is 0.612. The van der Waals surface area contributed by atoms with E-state index in [2.05, 4.69) is 51.2 Å². The van der Waals surface area contributed by atoms with Crippen LogP contribution in [0, 0.1) is 5.92 Å². The second-order valence-corrected chi connectivity index (χ2v) is 7.09. The molecule has 21 heavy (non-hydrogen) atoms. The third-order valence-electron chi connectivity index (χ3n) is 3.60. The molecule has 1 atom stereocenters. The van der Waals surface area contributed by atoms with Crippen molar-refractivity contribution >= 4 is 11.8 Å². The van der Waals surface area contributed by atoms with E-state index in [0.29, 0.717) is 6.04 Å². The third kappa shape index (κ3) is 6.75. The molecule has 120 valence electrons. The highest BCUT2D eigenvalue weighted by molar-refractivity contribution is 7.98. The molecule has 1 rings (SSSR count). The van der Waals surface area contributed by atoms with Gasteiger partial charge in [-0.15, -0.1) is 0 Å². The van der Waals surface area contributed by atoms with Crippen LogP contribution < -0.4 is 10.1 Å². The lowest BCUT2D eigenvalue weighted by Crippen LogP contribution is -2.19. The molecule has 0 spiro atoms. The van der Waals surface area contributed by atoms with Gasteiger partial charge < -0.3 is 10.1 Å². The summed E-state index contributed by atoms with van der Waals surface area (Å²) in [5.74, 6) is 4.04. The number of methoxy groups -OCH3 is 1. The molecular formula is C18H31NOS. The van der Waals surface area contributed by atoms with Gasteiger partial charge in [0.05, 0.1) is 7.11 Å². The largest absolute Gasteiger partial charge is 0.496 e. The second kappa shape index (κ2) is 10.1. The van der Waals surface area contributed by atoms with Crippen LogP contribution in [-0.2, 0) is 5.75 Å². The Bertz CT molecular complexity index is 406. The molecule has 0 bridgehead atoms. The number of hydrogen-bond acceptors (Lipinski definition) is 3. The summed E-state index contributed by atoms with van der Waals surface area (Å²) in [6.07, 6.45) is 2.44. The first-order chi connectivity index (χ1) is 10.1. The zero-order valence-corrected chi connectivity index (χ0v) is 15.1. The van der Waals surface area contributed by atoms with E-state index in [-0.39, 0.29) is 0 Å². The van der Waals surface area contributed by atoms with E-state index in [1.165, 1.54) is 29.7 Å². The van der Waals surface area contributed by atoms with E-state index in [4.69, 9.17) is 4.74 Å². The molecule has 1 aromatic rings. The standard InChI is InChI=1S/C18H31NOS/c1-6-10-19-15(4)16-7-8-18(20-5)17(12-16)13-21-11-9-14(2)3/h7-8,12,14-15,19H,6,9-11,13H2,1-5H3. The Balaban J connectivity index is 2.66. The summed E-state index contributed by atoms with van der Waals surface area (Å²) in [6.45, 7) is 10.1. The van der Waals surface area contributed by atoms with Gasteiger partial charge in [-0.25, -0.2) is 0 Å². The summed E-state index contributed by atoms with van der Waals surface area (Å²) in [5, 5.41) is 3.55. The molecule has 0 radical (unpaired) electrons. The highest BCUT2D eigenvalue weighted by atomic mass is 32.2. The van der Waals surface area contributed by atoms with Crippen molar-refractivity contribution in [3.05, 3.63) is 29.3 Å². The van der Waals surface area contributed by atoms with Crippen molar-refractivity contribution in [3.63, 3.8) is 0 Å². The zero-order chi connectivity index (χ0) is 15.7.